The van der Waals surface area contributed by atoms with Crippen LogP contribution in [-0.2, 0) is 11.2 Å². The second-order valence-electron chi connectivity index (χ2n) is 7.79. The van der Waals surface area contributed by atoms with E-state index in [-0.39, 0.29) is 5.91 Å². The van der Waals surface area contributed by atoms with Crippen molar-refractivity contribution < 1.29 is 4.79 Å². The highest BCUT2D eigenvalue weighted by atomic mass is 32.2. The van der Waals surface area contributed by atoms with Gasteiger partial charge in [-0.25, -0.2) is 0 Å². The topological polar surface area (TPSA) is 51.0 Å². The normalized spacial score (nSPS) is 23.4. The first-order chi connectivity index (χ1) is 12.6. The van der Waals surface area contributed by atoms with E-state index in [0.29, 0.717) is 23.6 Å². The maximum absolute atomic E-state index is 12.7. The lowest BCUT2D eigenvalue weighted by atomic mass is 9.92. The van der Waals surface area contributed by atoms with Crippen molar-refractivity contribution in [3.05, 3.63) is 28.2 Å². The first kappa shape index (κ1) is 18.0. The molecule has 2 aromatic heterocycles. The lowest BCUT2D eigenvalue weighted by Crippen LogP contribution is -2.43. The van der Waals surface area contributed by atoms with E-state index in [9.17, 15) is 4.79 Å². The van der Waals surface area contributed by atoms with Crippen molar-refractivity contribution in [3.63, 3.8) is 0 Å². The fourth-order valence-electron chi connectivity index (χ4n) is 3.88. The Labute approximate surface area is 163 Å². The van der Waals surface area contributed by atoms with Gasteiger partial charge in [-0.15, -0.1) is 21.5 Å². The molecule has 1 saturated heterocycles. The monoisotopic (exact) mass is 390 g/mol. The summed E-state index contributed by atoms with van der Waals surface area (Å²) in [6.07, 6.45) is 4.44. The third-order valence-electron chi connectivity index (χ3n) is 5.11. The Morgan fingerprint density at radius 2 is 2.04 bits per heavy atom. The molecule has 0 radical (unpaired) electrons. The van der Waals surface area contributed by atoms with Gasteiger partial charge in [0.2, 0.25) is 5.91 Å². The molecule has 2 atom stereocenters. The molecule has 1 saturated carbocycles. The van der Waals surface area contributed by atoms with Crippen molar-refractivity contribution in [1.29, 1.82) is 0 Å². The lowest BCUT2D eigenvalue weighted by Gasteiger charge is -2.35. The summed E-state index contributed by atoms with van der Waals surface area (Å²) in [6, 6.07) is 4.74. The van der Waals surface area contributed by atoms with Crippen LogP contribution in [0.5, 0.6) is 0 Å². The van der Waals surface area contributed by atoms with Crippen molar-refractivity contribution in [2.24, 2.45) is 11.8 Å². The van der Waals surface area contributed by atoms with Gasteiger partial charge < -0.3 is 9.47 Å². The molecule has 26 heavy (non-hydrogen) atoms. The highest BCUT2D eigenvalue weighted by molar-refractivity contribution is 7.99. The van der Waals surface area contributed by atoms with E-state index in [1.807, 2.05) is 4.90 Å². The van der Waals surface area contributed by atoms with Crippen LogP contribution >= 0.6 is 23.1 Å². The Bertz CT molecular complexity index is 744. The minimum Gasteiger partial charge on any atom is -0.341 e. The zero-order chi connectivity index (χ0) is 18.1. The maximum atomic E-state index is 12.7. The molecule has 1 amide bonds. The average molecular weight is 391 g/mol. The van der Waals surface area contributed by atoms with Crippen molar-refractivity contribution in [2.75, 3.05) is 18.8 Å². The Hall–Kier alpha value is -1.34. The standard InChI is InChI=1S/C19H26N4OS2/c1-13-8-14(2)11-22(10-13)18(24)12-26-19-21-20-17(23(19)15-5-6-15)9-16-4-3-7-25-16/h3-4,7,13-15H,5-6,8-12H2,1-2H3. The number of thioether (sulfide) groups is 1. The van der Waals surface area contributed by atoms with Crippen LogP contribution in [0.2, 0.25) is 0 Å². The minimum atomic E-state index is 0.235. The van der Waals surface area contributed by atoms with Crippen LogP contribution in [0.15, 0.2) is 22.7 Å². The number of hydrogen-bond acceptors (Lipinski definition) is 5. The van der Waals surface area contributed by atoms with Crippen molar-refractivity contribution in [1.82, 2.24) is 19.7 Å². The molecular weight excluding hydrogens is 364 g/mol. The van der Waals surface area contributed by atoms with Gasteiger partial charge in [0.25, 0.3) is 0 Å². The van der Waals surface area contributed by atoms with Crippen LogP contribution in [0, 0.1) is 11.8 Å². The third kappa shape index (κ3) is 4.14. The highest BCUT2D eigenvalue weighted by Gasteiger charge is 2.31. The minimum absolute atomic E-state index is 0.235. The van der Waals surface area contributed by atoms with Crippen LogP contribution < -0.4 is 0 Å². The molecule has 140 valence electrons. The van der Waals surface area contributed by atoms with Crippen LogP contribution in [-0.4, -0.2) is 44.4 Å². The molecule has 0 N–H and O–H groups in total. The lowest BCUT2D eigenvalue weighted by molar-refractivity contribution is -0.130. The van der Waals surface area contributed by atoms with Gasteiger partial charge in [-0.1, -0.05) is 31.7 Å². The van der Waals surface area contributed by atoms with Crippen molar-refractivity contribution in [3.8, 4) is 0 Å². The molecule has 2 unspecified atom stereocenters. The zero-order valence-electron chi connectivity index (χ0n) is 15.4. The number of carbonyl (C=O) groups is 1. The molecule has 0 spiro atoms. The summed E-state index contributed by atoms with van der Waals surface area (Å²) in [7, 11) is 0. The van der Waals surface area contributed by atoms with E-state index < -0.39 is 0 Å². The number of thiophene rings is 1. The number of nitrogens with zero attached hydrogens (tertiary/aromatic N) is 4. The predicted octanol–water partition coefficient (Wildman–Crippen LogP) is 3.86. The molecular formula is C19H26N4OS2. The van der Waals surface area contributed by atoms with E-state index >= 15 is 0 Å². The van der Waals surface area contributed by atoms with Gasteiger partial charge in [-0.3, -0.25) is 4.79 Å². The summed E-state index contributed by atoms with van der Waals surface area (Å²) in [6.45, 7) is 6.26. The number of amides is 1. The smallest absolute Gasteiger partial charge is 0.233 e. The van der Waals surface area contributed by atoms with Gasteiger partial charge in [0, 0.05) is 30.4 Å². The van der Waals surface area contributed by atoms with Crippen LogP contribution in [0.4, 0.5) is 0 Å². The fourth-order valence-corrected chi connectivity index (χ4v) is 5.51. The Balaban J connectivity index is 1.41. The van der Waals surface area contributed by atoms with Gasteiger partial charge in [-0.05, 0) is 42.5 Å². The molecule has 4 rings (SSSR count). The van der Waals surface area contributed by atoms with Gasteiger partial charge in [0.05, 0.1) is 5.75 Å². The molecule has 5 nitrogen and oxygen atoms in total. The number of rotatable bonds is 6. The summed E-state index contributed by atoms with van der Waals surface area (Å²) in [5, 5.41) is 11.9. The molecule has 3 heterocycles. The van der Waals surface area contributed by atoms with Gasteiger partial charge in [0.1, 0.15) is 5.82 Å². The molecule has 1 aliphatic heterocycles. The number of likely N-dealkylation sites (tertiary alicyclic amines) is 1. The number of piperidine rings is 1. The first-order valence-electron chi connectivity index (χ1n) is 9.47. The van der Waals surface area contributed by atoms with Gasteiger partial charge >= 0.3 is 0 Å². The fraction of sp³-hybridized carbons (Fsp3) is 0.632. The largest absolute Gasteiger partial charge is 0.341 e. The summed E-state index contributed by atoms with van der Waals surface area (Å²) >= 11 is 3.31. The second kappa shape index (κ2) is 7.72. The van der Waals surface area contributed by atoms with Gasteiger partial charge in [-0.2, -0.15) is 0 Å². The number of hydrogen-bond donors (Lipinski definition) is 0. The van der Waals surface area contributed by atoms with E-state index in [4.69, 9.17) is 0 Å². The average Bonchev–Trinajstić information content (AvgIpc) is 3.15. The summed E-state index contributed by atoms with van der Waals surface area (Å²) in [5.41, 5.74) is 0. The summed E-state index contributed by atoms with van der Waals surface area (Å²) in [4.78, 5) is 16.0. The van der Waals surface area contributed by atoms with E-state index in [2.05, 4.69) is 46.1 Å². The molecule has 2 aromatic rings. The number of aromatic nitrogens is 3. The summed E-state index contributed by atoms with van der Waals surface area (Å²) in [5.74, 6) is 2.92. The maximum Gasteiger partial charge on any atom is 0.233 e. The predicted molar refractivity (Wildman–Crippen MR) is 106 cm³/mol. The number of carbonyl (C=O) groups excluding carboxylic acids is 1. The Morgan fingerprint density at radius 1 is 1.27 bits per heavy atom. The first-order valence-corrected chi connectivity index (χ1v) is 11.3. The zero-order valence-corrected chi connectivity index (χ0v) is 17.1. The SMILES string of the molecule is CC1CC(C)CN(C(=O)CSc2nnc(Cc3cccs3)n2C2CC2)C1. The third-order valence-corrected chi connectivity index (χ3v) is 6.91. The van der Waals surface area contributed by atoms with Crippen molar-refractivity contribution in [2.45, 2.75) is 50.7 Å². The molecule has 2 aliphatic rings. The van der Waals surface area contributed by atoms with E-state index in [1.165, 1.54) is 24.1 Å². The van der Waals surface area contributed by atoms with Crippen LogP contribution in [0.25, 0.3) is 0 Å². The van der Waals surface area contributed by atoms with Gasteiger partial charge in [0.15, 0.2) is 5.16 Å². The van der Waals surface area contributed by atoms with Crippen LogP contribution in [0.1, 0.15) is 49.9 Å². The molecule has 2 fully saturated rings. The molecule has 1 aliphatic carbocycles. The van der Waals surface area contributed by atoms with E-state index in [1.54, 1.807) is 23.1 Å². The summed E-state index contributed by atoms with van der Waals surface area (Å²) < 4.78 is 2.28. The quantitative estimate of drug-likeness (QED) is 0.703. The highest BCUT2D eigenvalue weighted by Crippen LogP contribution is 2.39. The Kier molecular flexibility index (Phi) is 5.36. The molecule has 0 bridgehead atoms. The Morgan fingerprint density at radius 3 is 2.69 bits per heavy atom. The molecule has 7 heteroatoms. The molecule has 0 aromatic carbocycles. The van der Waals surface area contributed by atoms with E-state index in [0.717, 1.165) is 30.5 Å². The van der Waals surface area contributed by atoms with Crippen LogP contribution in [0.3, 0.4) is 0 Å². The van der Waals surface area contributed by atoms with Crippen molar-refractivity contribution >= 4 is 29.0 Å². The second-order valence-corrected chi connectivity index (χ2v) is 9.76.